The fourth-order valence-electron chi connectivity index (χ4n) is 2.24. The van der Waals surface area contributed by atoms with Crippen molar-refractivity contribution in [3.05, 3.63) is 53.6 Å². The van der Waals surface area contributed by atoms with Crippen LogP contribution in [0.25, 0.3) is 11.1 Å². The molecule has 0 aliphatic heterocycles. The second-order valence-electron chi connectivity index (χ2n) is 5.82. The Bertz CT molecular complexity index is 562. The topological polar surface area (TPSA) is 20.2 Å². The van der Waals surface area contributed by atoms with E-state index in [9.17, 15) is 5.11 Å². The lowest BCUT2D eigenvalue weighted by Crippen LogP contribution is -2.12. The molecule has 2 aromatic rings. The summed E-state index contributed by atoms with van der Waals surface area (Å²) in [6, 6.07) is 14.1. The van der Waals surface area contributed by atoms with Crippen LogP contribution < -0.4 is 0 Å². The third-order valence-electron chi connectivity index (χ3n) is 3.18. The summed E-state index contributed by atoms with van der Waals surface area (Å²) in [6.45, 7) is 8.56. The molecule has 0 atom stereocenters. The van der Waals surface area contributed by atoms with Gasteiger partial charge in [0.1, 0.15) is 5.75 Å². The first-order valence-electron chi connectivity index (χ1n) is 6.29. The molecular formula is C17H20O. The quantitative estimate of drug-likeness (QED) is 0.768. The predicted octanol–water partition coefficient (Wildman–Crippen LogP) is 4.67. The molecule has 0 fully saturated rings. The summed E-state index contributed by atoms with van der Waals surface area (Å²) in [5.41, 5.74) is 4.41. The molecule has 1 N–H and O–H groups in total. The molecule has 0 saturated carbocycles. The second-order valence-corrected chi connectivity index (χ2v) is 5.82. The summed E-state index contributed by atoms with van der Waals surface area (Å²) in [5, 5.41) is 10.1. The van der Waals surface area contributed by atoms with Gasteiger partial charge in [-0.25, -0.2) is 0 Å². The molecule has 0 radical (unpaired) electrons. The molecule has 1 heteroatoms. The van der Waals surface area contributed by atoms with E-state index >= 15 is 0 Å². The van der Waals surface area contributed by atoms with Crippen LogP contribution >= 0.6 is 0 Å². The second kappa shape index (κ2) is 4.49. The van der Waals surface area contributed by atoms with E-state index in [1.165, 1.54) is 5.56 Å². The summed E-state index contributed by atoms with van der Waals surface area (Å²) in [6.07, 6.45) is 0. The van der Waals surface area contributed by atoms with Gasteiger partial charge < -0.3 is 5.11 Å². The molecule has 2 aromatic carbocycles. The predicted molar refractivity (Wildman–Crippen MR) is 77.0 cm³/mol. The van der Waals surface area contributed by atoms with Gasteiger partial charge in [-0.15, -0.1) is 0 Å². The molecular weight excluding hydrogens is 220 g/mol. The average Bonchev–Trinajstić information content (AvgIpc) is 2.28. The van der Waals surface area contributed by atoms with Crippen molar-refractivity contribution >= 4 is 0 Å². The van der Waals surface area contributed by atoms with Crippen LogP contribution in [-0.2, 0) is 5.41 Å². The summed E-state index contributed by atoms with van der Waals surface area (Å²) in [7, 11) is 0. The minimum Gasteiger partial charge on any atom is -0.507 e. The summed E-state index contributed by atoms with van der Waals surface area (Å²) >= 11 is 0. The number of benzene rings is 2. The maximum absolute atomic E-state index is 10.1. The Labute approximate surface area is 109 Å². The summed E-state index contributed by atoms with van der Waals surface area (Å²) in [5.74, 6) is 0.353. The van der Waals surface area contributed by atoms with Crippen LogP contribution in [0.15, 0.2) is 42.5 Å². The molecule has 18 heavy (non-hydrogen) atoms. The number of aromatic hydroxyl groups is 1. The Kier molecular flexibility index (Phi) is 3.16. The molecule has 94 valence electrons. The van der Waals surface area contributed by atoms with Gasteiger partial charge >= 0.3 is 0 Å². The van der Waals surface area contributed by atoms with Crippen molar-refractivity contribution in [2.75, 3.05) is 0 Å². The van der Waals surface area contributed by atoms with Crippen LogP contribution in [0, 0.1) is 6.92 Å². The SMILES string of the molecule is Cc1ccc(-c2ccccc2C(C)(C)C)c(O)c1. The van der Waals surface area contributed by atoms with Crippen LogP contribution in [0.2, 0.25) is 0 Å². The van der Waals surface area contributed by atoms with Crippen LogP contribution in [-0.4, -0.2) is 5.11 Å². The van der Waals surface area contributed by atoms with Crippen molar-refractivity contribution in [2.24, 2.45) is 0 Å². The largest absolute Gasteiger partial charge is 0.507 e. The molecule has 0 aromatic heterocycles. The van der Waals surface area contributed by atoms with Crippen molar-refractivity contribution < 1.29 is 5.11 Å². The standard InChI is InChI=1S/C17H20O/c1-12-9-10-14(16(18)11-12)13-7-5-6-8-15(13)17(2,3)4/h5-11,18H,1-4H3. The van der Waals surface area contributed by atoms with E-state index in [4.69, 9.17) is 0 Å². The molecule has 0 aliphatic rings. The minimum atomic E-state index is 0.0634. The fourth-order valence-corrected chi connectivity index (χ4v) is 2.24. The van der Waals surface area contributed by atoms with E-state index in [0.717, 1.165) is 16.7 Å². The molecule has 0 saturated heterocycles. The maximum Gasteiger partial charge on any atom is 0.123 e. The first kappa shape index (κ1) is 12.7. The first-order valence-corrected chi connectivity index (χ1v) is 6.29. The Morgan fingerprint density at radius 2 is 1.56 bits per heavy atom. The van der Waals surface area contributed by atoms with E-state index < -0.39 is 0 Å². The number of hydrogen-bond acceptors (Lipinski definition) is 1. The van der Waals surface area contributed by atoms with Gasteiger partial charge in [0.2, 0.25) is 0 Å². The van der Waals surface area contributed by atoms with Gasteiger partial charge in [0.15, 0.2) is 0 Å². The zero-order valence-electron chi connectivity index (χ0n) is 11.5. The van der Waals surface area contributed by atoms with E-state index in [1.54, 1.807) is 0 Å². The van der Waals surface area contributed by atoms with E-state index in [2.05, 4.69) is 39.0 Å². The average molecular weight is 240 g/mol. The zero-order chi connectivity index (χ0) is 13.3. The lowest BCUT2D eigenvalue weighted by atomic mass is 9.81. The van der Waals surface area contributed by atoms with Gasteiger partial charge in [0.25, 0.3) is 0 Å². The van der Waals surface area contributed by atoms with Crippen LogP contribution in [0.4, 0.5) is 0 Å². The van der Waals surface area contributed by atoms with Crippen molar-refractivity contribution in [2.45, 2.75) is 33.1 Å². The lowest BCUT2D eigenvalue weighted by Gasteiger charge is -2.23. The fraction of sp³-hybridized carbons (Fsp3) is 0.294. The smallest absolute Gasteiger partial charge is 0.123 e. The van der Waals surface area contributed by atoms with Crippen molar-refractivity contribution in [1.29, 1.82) is 0 Å². The Morgan fingerprint density at radius 1 is 0.889 bits per heavy atom. The lowest BCUT2D eigenvalue weighted by molar-refractivity contribution is 0.476. The molecule has 0 bridgehead atoms. The third-order valence-corrected chi connectivity index (χ3v) is 3.18. The summed E-state index contributed by atoms with van der Waals surface area (Å²) in [4.78, 5) is 0. The Balaban J connectivity index is 2.64. The first-order chi connectivity index (χ1) is 8.39. The molecule has 0 unspecified atom stereocenters. The molecule has 0 heterocycles. The molecule has 0 amide bonds. The van der Waals surface area contributed by atoms with Gasteiger partial charge in [-0.05, 0) is 35.1 Å². The van der Waals surface area contributed by atoms with Gasteiger partial charge in [0.05, 0.1) is 0 Å². The number of phenols is 1. The van der Waals surface area contributed by atoms with Crippen molar-refractivity contribution in [3.63, 3.8) is 0 Å². The van der Waals surface area contributed by atoms with Gasteiger partial charge in [-0.3, -0.25) is 0 Å². The monoisotopic (exact) mass is 240 g/mol. The number of rotatable bonds is 1. The Hall–Kier alpha value is -1.76. The van der Waals surface area contributed by atoms with Gasteiger partial charge in [0, 0.05) is 5.56 Å². The van der Waals surface area contributed by atoms with E-state index in [0.29, 0.717) is 5.75 Å². The third kappa shape index (κ3) is 2.40. The molecule has 2 rings (SSSR count). The van der Waals surface area contributed by atoms with Crippen molar-refractivity contribution in [3.8, 4) is 16.9 Å². The van der Waals surface area contributed by atoms with Gasteiger partial charge in [-0.1, -0.05) is 57.2 Å². The van der Waals surface area contributed by atoms with Crippen LogP contribution in [0.1, 0.15) is 31.9 Å². The zero-order valence-corrected chi connectivity index (χ0v) is 11.5. The highest BCUT2D eigenvalue weighted by Gasteiger charge is 2.19. The molecule has 0 aliphatic carbocycles. The Morgan fingerprint density at radius 3 is 2.17 bits per heavy atom. The van der Waals surface area contributed by atoms with E-state index in [1.807, 2.05) is 31.2 Å². The summed E-state index contributed by atoms with van der Waals surface area (Å²) < 4.78 is 0. The minimum absolute atomic E-state index is 0.0634. The van der Waals surface area contributed by atoms with Crippen molar-refractivity contribution in [1.82, 2.24) is 0 Å². The number of hydrogen-bond donors (Lipinski definition) is 1. The normalized spacial score (nSPS) is 11.6. The van der Waals surface area contributed by atoms with Gasteiger partial charge in [-0.2, -0.15) is 0 Å². The van der Waals surface area contributed by atoms with Crippen LogP contribution in [0.3, 0.4) is 0 Å². The van der Waals surface area contributed by atoms with Crippen LogP contribution in [0.5, 0.6) is 5.75 Å². The highest BCUT2D eigenvalue weighted by atomic mass is 16.3. The molecule has 0 spiro atoms. The maximum atomic E-state index is 10.1. The number of phenolic OH excluding ortho intramolecular Hbond substituents is 1. The number of aryl methyl sites for hydroxylation is 1. The highest BCUT2D eigenvalue weighted by molar-refractivity contribution is 5.74. The molecule has 1 nitrogen and oxygen atoms in total. The van der Waals surface area contributed by atoms with E-state index in [-0.39, 0.29) is 5.41 Å². The highest BCUT2D eigenvalue weighted by Crippen LogP contribution is 2.37.